The number of allylic oxidation sites excluding steroid dienone is 14. The van der Waals surface area contributed by atoms with Crippen LogP contribution < -0.4 is 5.11 Å². The molecule has 2 unspecified atom stereocenters. The van der Waals surface area contributed by atoms with Crippen molar-refractivity contribution in [3.05, 3.63) is 85.1 Å². The third-order valence-corrected chi connectivity index (χ3v) is 9.27. The van der Waals surface area contributed by atoms with E-state index in [0.29, 0.717) is 12.8 Å². The summed E-state index contributed by atoms with van der Waals surface area (Å²) in [5.41, 5.74) is 0. The third-order valence-electron chi connectivity index (χ3n) is 9.27. The van der Waals surface area contributed by atoms with Crippen LogP contribution in [0, 0.1) is 0 Å². The van der Waals surface area contributed by atoms with Crippen LogP contribution in [0.2, 0.25) is 0 Å². The van der Waals surface area contributed by atoms with Gasteiger partial charge in [0.15, 0.2) is 6.10 Å². The Morgan fingerprint density at radius 1 is 0.544 bits per heavy atom. The summed E-state index contributed by atoms with van der Waals surface area (Å²) in [6.45, 7) is 4.44. The fraction of sp³-hybridized carbons (Fsp3) is 0.653. The van der Waals surface area contributed by atoms with E-state index in [9.17, 15) is 19.5 Å². The lowest BCUT2D eigenvalue weighted by Gasteiger charge is -2.34. The Balaban J connectivity index is 4.34. The summed E-state index contributed by atoms with van der Waals surface area (Å²) in [5.74, 6) is -1.80. The van der Waals surface area contributed by atoms with E-state index in [2.05, 4.69) is 98.9 Å². The van der Waals surface area contributed by atoms with Crippen molar-refractivity contribution >= 4 is 17.9 Å². The van der Waals surface area contributed by atoms with Crippen molar-refractivity contribution in [2.45, 2.75) is 167 Å². The van der Waals surface area contributed by atoms with Gasteiger partial charge in [-0.15, -0.1) is 0 Å². The molecule has 0 saturated carbocycles. The maximum absolute atomic E-state index is 12.6. The molecule has 0 aliphatic rings. The van der Waals surface area contributed by atoms with Crippen LogP contribution in [-0.2, 0) is 28.6 Å². The Bertz CT molecular complexity index is 1200. The third kappa shape index (κ3) is 37.8. The molecule has 0 fully saturated rings. The summed E-state index contributed by atoms with van der Waals surface area (Å²) in [4.78, 5) is 36.8. The average molecular weight is 796 g/mol. The van der Waals surface area contributed by atoms with Crippen molar-refractivity contribution in [1.82, 2.24) is 0 Å². The molecule has 0 aromatic rings. The van der Waals surface area contributed by atoms with Gasteiger partial charge in [-0.1, -0.05) is 137 Å². The number of likely N-dealkylation sites (N-methyl/N-ethyl adjacent to an activating group) is 1. The van der Waals surface area contributed by atoms with Gasteiger partial charge in [0, 0.05) is 19.3 Å². The molecule has 0 radical (unpaired) electrons. The number of rotatable bonds is 38. The van der Waals surface area contributed by atoms with Gasteiger partial charge in [-0.05, 0) is 83.5 Å². The van der Waals surface area contributed by atoms with Crippen LogP contribution in [0.1, 0.15) is 155 Å². The van der Waals surface area contributed by atoms with E-state index < -0.39 is 18.1 Å². The van der Waals surface area contributed by atoms with Crippen molar-refractivity contribution in [3.63, 3.8) is 0 Å². The summed E-state index contributed by atoms with van der Waals surface area (Å²) in [6, 6.07) is -0.735. The largest absolute Gasteiger partial charge is 0.544 e. The smallest absolute Gasteiger partial charge is 0.306 e. The van der Waals surface area contributed by atoms with Gasteiger partial charge in [0.2, 0.25) is 0 Å². The Kier molecular flexibility index (Phi) is 36.9. The molecule has 2 atom stereocenters. The highest BCUT2D eigenvalue weighted by molar-refractivity contribution is 5.70. The molecule has 324 valence electrons. The summed E-state index contributed by atoms with van der Waals surface area (Å²) in [7, 11) is 5.38. The molecule has 0 saturated heterocycles. The lowest BCUT2D eigenvalue weighted by Crippen LogP contribution is -2.55. The number of carboxylic acids is 1. The van der Waals surface area contributed by atoms with Gasteiger partial charge in [0.25, 0.3) is 0 Å². The zero-order valence-electron chi connectivity index (χ0n) is 36.7. The van der Waals surface area contributed by atoms with Gasteiger partial charge in [0.05, 0.1) is 40.3 Å². The number of quaternary nitrogens is 1. The van der Waals surface area contributed by atoms with E-state index in [0.717, 1.165) is 109 Å². The topological polar surface area (TPSA) is 102 Å². The maximum atomic E-state index is 12.6. The van der Waals surface area contributed by atoms with Crippen LogP contribution in [0.5, 0.6) is 0 Å². The van der Waals surface area contributed by atoms with Gasteiger partial charge in [-0.3, -0.25) is 9.59 Å². The van der Waals surface area contributed by atoms with Gasteiger partial charge < -0.3 is 28.6 Å². The molecule has 8 nitrogen and oxygen atoms in total. The first-order chi connectivity index (χ1) is 27.6. The van der Waals surface area contributed by atoms with E-state index >= 15 is 0 Å². The number of esters is 2. The fourth-order valence-corrected chi connectivity index (χ4v) is 5.82. The summed E-state index contributed by atoms with van der Waals surface area (Å²) in [5, 5.41) is 11.6. The number of aliphatic carboxylic acids is 1. The quantitative estimate of drug-likeness (QED) is 0.0265. The van der Waals surface area contributed by atoms with Crippen molar-refractivity contribution in [2.24, 2.45) is 0 Å². The van der Waals surface area contributed by atoms with E-state index in [1.165, 1.54) is 12.8 Å². The minimum Gasteiger partial charge on any atom is -0.544 e. The minimum atomic E-state index is -1.13. The molecule has 0 amide bonds. The lowest BCUT2D eigenvalue weighted by molar-refractivity contribution is -0.889. The average Bonchev–Trinajstić information content (AvgIpc) is 3.17. The van der Waals surface area contributed by atoms with Crippen LogP contribution in [0.15, 0.2) is 85.1 Å². The molecule has 0 aromatic heterocycles. The molecular formula is C49H81NO7. The van der Waals surface area contributed by atoms with Crippen LogP contribution >= 0.6 is 0 Å². The number of carbonyl (C=O) groups is 3. The van der Waals surface area contributed by atoms with Gasteiger partial charge in [-0.25, -0.2) is 0 Å². The summed E-state index contributed by atoms with van der Waals surface area (Å²) < 4.78 is 17.1. The highest BCUT2D eigenvalue weighted by Gasteiger charge is 2.25. The van der Waals surface area contributed by atoms with Gasteiger partial charge in [-0.2, -0.15) is 0 Å². The summed E-state index contributed by atoms with van der Waals surface area (Å²) in [6.07, 6.45) is 50.4. The molecule has 0 spiro atoms. The van der Waals surface area contributed by atoms with Crippen molar-refractivity contribution < 1.29 is 38.2 Å². The first kappa shape index (κ1) is 53.5. The van der Waals surface area contributed by atoms with E-state index in [4.69, 9.17) is 14.2 Å². The highest BCUT2D eigenvalue weighted by atomic mass is 16.6. The van der Waals surface area contributed by atoms with Gasteiger partial charge in [0.1, 0.15) is 12.6 Å². The number of hydrogen-bond donors (Lipinski definition) is 0. The molecule has 57 heavy (non-hydrogen) atoms. The molecular weight excluding hydrogens is 715 g/mol. The Morgan fingerprint density at radius 2 is 0.982 bits per heavy atom. The SMILES string of the molecule is CC/C=C/C/C=C/C/C=C/C/C=C/C/C=C/C/C=C/CCCCCCC(=O)OCC(COCCC(C(=O)[O-])[N+](C)(C)C)OC(=O)CCCCCC/C=C/CCCC. The first-order valence-electron chi connectivity index (χ1n) is 22.1. The van der Waals surface area contributed by atoms with Crippen molar-refractivity contribution in [1.29, 1.82) is 0 Å². The Labute approximate surface area is 348 Å². The number of nitrogens with zero attached hydrogens (tertiary/aromatic N) is 1. The number of hydrogen-bond acceptors (Lipinski definition) is 7. The Hall–Kier alpha value is -3.49. The van der Waals surface area contributed by atoms with Crippen LogP contribution in [0.3, 0.4) is 0 Å². The second kappa shape index (κ2) is 39.3. The molecule has 0 aliphatic heterocycles. The Morgan fingerprint density at radius 3 is 1.46 bits per heavy atom. The first-order valence-corrected chi connectivity index (χ1v) is 22.1. The second-order valence-electron chi connectivity index (χ2n) is 15.5. The maximum Gasteiger partial charge on any atom is 0.306 e. The molecule has 0 N–H and O–H groups in total. The molecule has 0 heterocycles. The van der Waals surface area contributed by atoms with Crippen LogP contribution in [-0.4, -0.2) is 75.5 Å². The van der Waals surface area contributed by atoms with Crippen LogP contribution in [0.25, 0.3) is 0 Å². The zero-order valence-corrected chi connectivity index (χ0v) is 36.7. The standard InChI is InChI=1S/C49H81NO7/c1-6-8-10-12-14-16-18-19-20-21-22-23-24-25-26-27-28-29-30-32-33-35-37-39-47(51)56-44-45(43-55-42-41-46(49(53)54)50(3,4)5)57-48(52)40-38-36-34-31-17-15-13-11-9-7-2/h8,10,13-16,19-20,22-23,25-26,28-29,45-46H,6-7,9,11-12,17-18,21,24,27,30-44H2,1-5H3/b10-8+,15-13+,16-14+,20-19+,23-22+,26-25+,29-28+. The van der Waals surface area contributed by atoms with E-state index in [1.54, 1.807) is 21.1 Å². The normalized spacial score (nSPS) is 13.8. The molecule has 8 heteroatoms. The van der Waals surface area contributed by atoms with E-state index in [-0.39, 0.29) is 42.7 Å². The van der Waals surface area contributed by atoms with E-state index in [1.807, 2.05) is 0 Å². The number of carbonyl (C=O) groups excluding carboxylic acids is 3. The molecule has 0 aliphatic carbocycles. The number of ether oxygens (including phenoxy) is 3. The predicted octanol–water partition coefficient (Wildman–Crippen LogP) is 10.8. The zero-order chi connectivity index (χ0) is 42.1. The van der Waals surface area contributed by atoms with Gasteiger partial charge >= 0.3 is 11.9 Å². The van der Waals surface area contributed by atoms with Crippen molar-refractivity contribution in [3.8, 4) is 0 Å². The molecule has 0 aromatic carbocycles. The molecule has 0 rings (SSSR count). The second-order valence-corrected chi connectivity index (χ2v) is 15.5. The number of unbranched alkanes of at least 4 members (excludes halogenated alkanes) is 10. The van der Waals surface area contributed by atoms with Crippen molar-refractivity contribution in [2.75, 3.05) is 41.0 Å². The minimum absolute atomic E-state index is 0.0227. The van der Waals surface area contributed by atoms with Crippen LogP contribution in [0.4, 0.5) is 0 Å². The monoisotopic (exact) mass is 796 g/mol. The predicted molar refractivity (Wildman–Crippen MR) is 235 cm³/mol. The molecule has 0 bridgehead atoms. The number of carboxylic acid groups (broad SMARTS) is 1. The highest BCUT2D eigenvalue weighted by Crippen LogP contribution is 2.12. The summed E-state index contributed by atoms with van der Waals surface area (Å²) >= 11 is 0. The fourth-order valence-electron chi connectivity index (χ4n) is 5.82. The lowest BCUT2D eigenvalue weighted by atomic mass is 10.1.